The molecule has 0 aromatic heterocycles. The van der Waals surface area contributed by atoms with Crippen LogP contribution >= 0.6 is 7.60 Å². The zero-order valence-electron chi connectivity index (χ0n) is 19.2. The van der Waals surface area contributed by atoms with Gasteiger partial charge in [0.1, 0.15) is 17.7 Å². The topological polar surface area (TPSA) is 93.1 Å². The van der Waals surface area contributed by atoms with Gasteiger partial charge >= 0.3 is 7.60 Å². The fraction of sp³-hybridized carbons (Fsp3) is 0.269. The predicted molar refractivity (Wildman–Crippen MR) is 128 cm³/mol. The van der Waals surface area contributed by atoms with E-state index in [2.05, 4.69) is 0 Å². The van der Waals surface area contributed by atoms with E-state index in [0.29, 0.717) is 30.8 Å². The molecule has 0 heterocycles. The Labute approximate surface area is 198 Å². The van der Waals surface area contributed by atoms with Crippen LogP contribution in [0.25, 0.3) is 0 Å². The number of rotatable bonds is 11. The van der Waals surface area contributed by atoms with Gasteiger partial charge in [0.05, 0.1) is 6.61 Å². The minimum Gasteiger partial charge on any atom is -0.468 e. The van der Waals surface area contributed by atoms with Crippen LogP contribution in [-0.4, -0.2) is 35.1 Å². The van der Waals surface area contributed by atoms with Gasteiger partial charge in [-0.15, -0.1) is 0 Å². The summed E-state index contributed by atoms with van der Waals surface area (Å²) in [5.74, 6) is -0.142. The van der Waals surface area contributed by atoms with Crippen molar-refractivity contribution in [2.45, 2.75) is 26.7 Å². The number of ether oxygens (including phenoxy) is 2. The van der Waals surface area contributed by atoms with Gasteiger partial charge in [-0.1, -0.05) is 24.3 Å². The van der Waals surface area contributed by atoms with E-state index in [4.69, 9.17) is 19.3 Å². The van der Waals surface area contributed by atoms with Gasteiger partial charge in [-0.3, -0.25) is 9.36 Å². The van der Waals surface area contributed by atoms with Gasteiger partial charge in [-0.2, -0.15) is 0 Å². The molecular weight excluding hydrogens is 458 g/mol. The fourth-order valence-electron chi connectivity index (χ4n) is 3.63. The molecule has 0 saturated carbocycles. The molecule has 0 aliphatic rings. The van der Waals surface area contributed by atoms with Crippen LogP contribution in [0.5, 0.6) is 5.75 Å². The summed E-state index contributed by atoms with van der Waals surface area (Å²) in [6.07, 6.45) is 0.534. The summed E-state index contributed by atoms with van der Waals surface area (Å²) >= 11 is 0. The molecular formula is C26H28FO6P. The van der Waals surface area contributed by atoms with Gasteiger partial charge in [0.25, 0.3) is 0 Å². The molecule has 0 aliphatic carbocycles. The van der Waals surface area contributed by atoms with E-state index in [0.717, 1.165) is 27.8 Å². The second-order valence-electron chi connectivity index (χ2n) is 8.20. The van der Waals surface area contributed by atoms with Crippen molar-refractivity contribution in [3.05, 3.63) is 99.9 Å². The molecule has 180 valence electrons. The number of aryl methyl sites for hydroxylation is 2. The van der Waals surface area contributed by atoms with E-state index in [9.17, 15) is 13.8 Å². The summed E-state index contributed by atoms with van der Waals surface area (Å²) in [7, 11) is -4.40. The maximum Gasteiger partial charge on any atom is 0.333 e. The standard InChI is InChI=1S/C26H28FO6P/c1-18-13-22(26(28)16-34(29,30)31)14-19(2)25(18)15-21-5-9-24(10-6-21)33-17-32-12-11-20-3-7-23(27)8-4-20/h3-10,13-14H,11-12,15-17H2,1-2H3,(H2,29,30,31). The fourth-order valence-corrected chi connectivity index (χ4v) is 4.19. The SMILES string of the molecule is Cc1cc(C(=O)CP(=O)(O)O)cc(C)c1Cc1ccc(OCOCCc2ccc(F)cc2)cc1. The largest absolute Gasteiger partial charge is 0.468 e. The van der Waals surface area contributed by atoms with Crippen molar-refractivity contribution in [1.82, 2.24) is 0 Å². The van der Waals surface area contributed by atoms with E-state index < -0.39 is 19.5 Å². The number of Topliss-reactive ketones (excluding diaryl/α,β-unsaturated/α-hetero) is 1. The molecule has 0 atom stereocenters. The van der Waals surface area contributed by atoms with Crippen molar-refractivity contribution in [3.63, 3.8) is 0 Å². The van der Waals surface area contributed by atoms with Crippen LogP contribution in [0, 0.1) is 19.7 Å². The number of benzene rings is 3. The molecule has 0 fully saturated rings. The van der Waals surface area contributed by atoms with Crippen LogP contribution in [0.1, 0.15) is 38.2 Å². The lowest BCUT2D eigenvalue weighted by Gasteiger charge is -2.13. The lowest BCUT2D eigenvalue weighted by atomic mass is 9.93. The molecule has 3 rings (SSSR count). The molecule has 34 heavy (non-hydrogen) atoms. The van der Waals surface area contributed by atoms with Crippen LogP contribution in [0.15, 0.2) is 60.7 Å². The van der Waals surface area contributed by atoms with Crippen LogP contribution in [-0.2, 0) is 22.1 Å². The summed E-state index contributed by atoms with van der Waals surface area (Å²) in [5.41, 5.74) is 5.21. The zero-order chi connectivity index (χ0) is 24.7. The van der Waals surface area contributed by atoms with Gasteiger partial charge in [-0.25, -0.2) is 4.39 Å². The summed E-state index contributed by atoms with van der Waals surface area (Å²) < 4.78 is 35.2. The predicted octanol–water partition coefficient (Wildman–Crippen LogP) is 4.99. The molecule has 0 spiro atoms. The lowest BCUT2D eigenvalue weighted by Crippen LogP contribution is -2.08. The first-order valence-corrected chi connectivity index (χ1v) is 12.6. The van der Waals surface area contributed by atoms with Crippen molar-refractivity contribution in [1.29, 1.82) is 0 Å². The van der Waals surface area contributed by atoms with Gasteiger partial charge in [0, 0.05) is 5.56 Å². The molecule has 8 heteroatoms. The molecule has 2 N–H and O–H groups in total. The third-order valence-electron chi connectivity index (χ3n) is 5.43. The Morgan fingerprint density at radius 3 is 2.12 bits per heavy atom. The van der Waals surface area contributed by atoms with E-state index in [1.165, 1.54) is 12.1 Å². The van der Waals surface area contributed by atoms with E-state index in [1.54, 1.807) is 24.3 Å². The lowest BCUT2D eigenvalue weighted by molar-refractivity contribution is 0.0169. The quantitative estimate of drug-likeness (QED) is 0.172. The Morgan fingerprint density at radius 2 is 1.53 bits per heavy atom. The van der Waals surface area contributed by atoms with Crippen LogP contribution in [0.2, 0.25) is 0 Å². The Kier molecular flexibility index (Phi) is 8.75. The molecule has 0 saturated heterocycles. The van der Waals surface area contributed by atoms with Crippen LogP contribution in [0.4, 0.5) is 4.39 Å². The normalized spacial score (nSPS) is 11.4. The second kappa shape index (κ2) is 11.5. The van der Waals surface area contributed by atoms with Gasteiger partial charge < -0.3 is 19.3 Å². The van der Waals surface area contributed by atoms with Gasteiger partial charge in [0.15, 0.2) is 12.6 Å². The average molecular weight is 486 g/mol. The van der Waals surface area contributed by atoms with Crippen molar-refractivity contribution >= 4 is 13.4 Å². The highest BCUT2D eigenvalue weighted by Gasteiger charge is 2.21. The number of carbonyl (C=O) groups is 1. The van der Waals surface area contributed by atoms with Gasteiger partial charge in [-0.05, 0) is 90.9 Å². The first kappa shape index (κ1) is 25.8. The van der Waals surface area contributed by atoms with Crippen LogP contribution in [0.3, 0.4) is 0 Å². The van der Waals surface area contributed by atoms with Crippen molar-refractivity contribution in [2.24, 2.45) is 0 Å². The number of carbonyl (C=O) groups excluding carboxylic acids is 1. The molecule has 3 aromatic rings. The molecule has 6 nitrogen and oxygen atoms in total. The Hall–Kier alpha value is -2.83. The molecule has 3 aromatic carbocycles. The summed E-state index contributed by atoms with van der Waals surface area (Å²) in [5, 5.41) is 0. The first-order chi connectivity index (χ1) is 16.1. The van der Waals surface area contributed by atoms with E-state index >= 15 is 0 Å². The molecule has 0 amide bonds. The average Bonchev–Trinajstić information content (AvgIpc) is 2.77. The van der Waals surface area contributed by atoms with Gasteiger partial charge in [0.2, 0.25) is 0 Å². The minimum absolute atomic E-state index is 0.114. The third kappa shape index (κ3) is 7.89. The van der Waals surface area contributed by atoms with E-state index in [1.807, 2.05) is 38.1 Å². The highest BCUT2D eigenvalue weighted by molar-refractivity contribution is 7.52. The molecule has 0 radical (unpaired) electrons. The minimum atomic E-state index is -4.40. The molecule has 0 unspecified atom stereocenters. The number of hydrogen-bond acceptors (Lipinski definition) is 4. The maximum absolute atomic E-state index is 12.9. The zero-order valence-corrected chi connectivity index (χ0v) is 20.1. The monoisotopic (exact) mass is 486 g/mol. The second-order valence-corrected chi connectivity index (χ2v) is 9.85. The highest BCUT2D eigenvalue weighted by atomic mass is 31.2. The van der Waals surface area contributed by atoms with Crippen LogP contribution < -0.4 is 4.74 Å². The molecule has 0 bridgehead atoms. The van der Waals surface area contributed by atoms with E-state index in [-0.39, 0.29) is 12.6 Å². The third-order valence-corrected chi connectivity index (χ3v) is 6.13. The smallest absolute Gasteiger partial charge is 0.333 e. The van der Waals surface area contributed by atoms with Crippen molar-refractivity contribution in [2.75, 3.05) is 19.6 Å². The summed E-state index contributed by atoms with van der Waals surface area (Å²) in [6.45, 7) is 4.35. The summed E-state index contributed by atoms with van der Waals surface area (Å²) in [4.78, 5) is 30.3. The Morgan fingerprint density at radius 1 is 0.941 bits per heavy atom. The highest BCUT2D eigenvalue weighted by Crippen LogP contribution is 2.35. The number of halogens is 1. The molecule has 0 aliphatic heterocycles. The Balaban J connectivity index is 1.51. The maximum atomic E-state index is 12.9. The Bertz CT molecular complexity index is 1150. The first-order valence-electron chi connectivity index (χ1n) is 10.8. The number of hydrogen-bond donors (Lipinski definition) is 2. The number of ketones is 1. The van der Waals surface area contributed by atoms with Crippen molar-refractivity contribution < 1.29 is 33.0 Å². The van der Waals surface area contributed by atoms with Crippen molar-refractivity contribution in [3.8, 4) is 5.75 Å². The summed E-state index contributed by atoms with van der Waals surface area (Å²) in [6, 6.07) is 17.3.